The van der Waals surface area contributed by atoms with Crippen LogP contribution in [-0.4, -0.2) is 23.5 Å². The first-order valence-corrected chi connectivity index (χ1v) is 7.38. The van der Waals surface area contributed by atoms with E-state index in [1.165, 1.54) is 37.0 Å². The van der Waals surface area contributed by atoms with Crippen LogP contribution in [0.15, 0.2) is 0 Å². The molecule has 0 spiro atoms. The quantitative estimate of drug-likeness (QED) is 0.877. The Hall–Kier alpha value is -0.940. The lowest BCUT2D eigenvalue weighted by Gasteiger charge is -2.22. The van der Waals surface area contributed by atoms with Crippen LogP contribution in [-0.2, 0) is 0 Å². The van der Waals surface area contributed by atoms with Gasteiger partial charge < -0.3 is 11.1 Å². The summed E-state index contributed by atoms with van der Waals surface area (Å²) in [7, 11) is 0. The molecule has 1 unspecified atom stereocenters. The van der Waals surface area contributed by atoms with Crippen LogP contribution in [0.3, 0.4) is 0 Å². The third-order valence-corrected chi connectivity index (χ3v) is 4.72. The zero-order chi connectivity index (χ0) is 13.1. The van der Waals surface area contributed by atoms with Crippen molar-refractivity contribution in [3.63, 3.8) is 0 Å². The number of aryl methyl sites for hydroxylation is 2. The van der Waals surface area contributed by atoms with Gasteiger partial charge in [0.1, 0.15) is 4.88 Å². The first-order chi connectivity index (χ1) is 8.61. The zero-order valence-corrected chi connectivity index (χ0v) is 11.8. The van der Waals surface area contributed by atoms with E-state index in [1.54, 1.807) is 0 Å². The van der Waals surface area contributed by atoms with Crippen LogP contribution in [0.5, 0.6) is 0 Å². The van der Waals surface area contributed by atoms with Crippen LogP contribution in [0.2, 0.25) is 0 Å². The molecule has 1 saturated carbocycles. The molecule has 1 aromatic rings. The molecule has 0 aliphatic heterocycles. The number of aromatic nitrogens is 1. The number of nitrogens with one attached hydrogen (secondary N) is 1. The number of thiazole rings is 1. The van der Waals surface area contributed by atoms with Crippen molar-refractivity contribution in [1.29, 1.82) is 0 Å². The van der Waals surface area contributed by atoms with Crippen molar-refractivity contribution in [3.05, 3.63) is 15.6 Å². The van der Waals surface area contributed by atoms with Gasteiger partial charge >= 0.3 is 0 Å². The molecule has 100 valence electrons. The first kappa shape index (κ1) is 13.5. The fourth-order valence-electron chi connectivity index (χ4n) is 2.70. The van der Waals surface area contributed by atoms with Gasteiger partial charge in [0.15, 0.2) is 0 Å². The van der Waals surface area contributed by atoms with Gasteiger partial charge in [-0.3, -0.25) is 4.79 Å². The maximum absolute atomic E-state index is 12.2. The van der Waals surface area contributed by atoms with E-state index in [-0.39, 0.29) is 11.9 Å². The van der Waals surface area contributed by atoms with Crippen molar-refractivity contribution in [3.8, 4) is 0 Å². The summed E-state index contributed by atoms with van der Waals surface area (Å²) in [4.78, 5) is 17.2. The second-order valence-electron chi connectivity index (χ2n) is 5.01. The minimum absolute atomic E-state index is 0.0135. The zero-order valence-electron chi connectivity index (χ0n) is 11.0. The summed E-state index contributed by atoms with van der Waals surface area (Å²) in [6.45, 7) is 4.32. The summed E-state index contributed by atoms with van der Waals surface area (Å²) in [5.74, 6) is 0.536. The molecule has 5 heteroatoms. The number of amides is 1. The van der Waals surface area contributed by atoms with Crippen LogP contribution < -0.4 is 11.1 Å². The van der Waals surface area contributed by atoms with Crippen LogP contribution in [0.4, 0.5) is 0 Å². The third-order valence-electron chi connectivity index (χ3n) is 3.65. The van der Waals surface area contributed by atoms with E-state index >= 15 is 0 Å². The van der Waals surface area contributed by atoms with E-state index < -0.39 is 0 Å². The van der Waals surface area contributed by atoms with E-state index in [9.17, 15) is 4.79 Å². The third kappa shape index (κ3) is 2.90. The van der Waals surface area contributed by atoms with Crippen LogP contribution >= 0.6 is 11.3 Å². The minimum atomic E-state index is -0.0135. The molecule has 0 saturated heterocycles. The topological polar surface area (TPSA) is 68.0 Å². The number of hydrogen-bond acceptors (Lipinski definition) is 4. The van der Waals surface area contributed by atoms with Gasteiger partial charge in [-0.15, -0.1) is 11.3 Å². The summed E-state index contributed by atoms with van der Waals surface area (Å²) in [5, 5.41) is 4.02. The molecule has 18 heavy (non-hydrogen) atoms. The van der Waals surface area contributed by atoms with Crippen LogP contribution in [0.25, 0.3) is 0 Å². The number of carbonyl (C=O) groups is 1. The number of hydrogen-bond donors (Lipinski definition) is 2. The van der Waals surface area contributed by atoms with Crippen molar-refractivity contribution in [2.75, 3.05) is 6.54 Å². The van der Waals surface area contributed by atoms with E-state index in [1.807, 2.05) is 13.8 Å². The molecule has 0 bridgehead atoms. The summed E-state index contributed by atoms with van der Waals surface area (Å²) in [5.41, 5.74) is 6.61. The largest absolute Gasteiger partial charge is 0.347 e. The van der Waals surface area contributed by atoms with Gasteiger partial charge in [0, 0.05) is 12.6 Å². The molecule has 1 aromatic heterocycles. The van der Waals surface area contributed by atoms with Gasteiger partial charge in [-0.05, 0) is 32.6 Å². The second-order valence-corrected chi connectivity index (χ2v) is 6.21. The summed E-state index contributed by atoms with van der Waals surface area (Å²) in [6.07, 6.45) is 4.89. The average molecular weight is 267 g/mol. The fraction of sp³-hybridized carbons (Fsp3) is 0.692. The SMILES string of the molecule is Cc1nc(C)c(C(=O)NC(CN)C2CCCC2)s1. The smallest absolute Gasteiger partial charge is 0.263 e. The number of nitrogens with zero attached hydrogens (tertiary/aromatic N) is 1. The summed E-state index contributed by atoms with van der Waals surface area (Å²) < 4.78 is 0. The molecule has 4 nitrogen and oxygen atoms in total. The highest BCUT2D eigenvalue weighted by molar-refractivity contribution is 7.13. The highest BCUT2D eigenvalue weighted by Gasteiger charge is 2.26. The summed E-state index contributed by atoms with van der Waals surface area (Å²) in [6, 6.07) is 0.113. The molecular weight excluding hydrogens is 246 g/mol. The lowest BCUT2D eigenvalue weighted by atomic mass is 9.98. The Labute approximate surface area is 112 Å². The van der Waals surface area contributed by atoms with Crippen molar-refractivity contribution in [2.24, 2.45) is 11.7 Å². The standard InChI is InChI=1S/C13H21N3OS/c1-8-12(18-9(2)15-8)13(17)16-11(7-14)10-5-3-4-6-10/h10-11H,3-7,14H2,1-2H3,(H,16,17). The van der Waals surface area contributed by atoms with E-state index in [2.05, 4.69) is 10.3 Å². The normalized spacial score (nSPS) is 17.9. The second kappa shape index (κ2) is 5.80. The summed E-state index contributed by atoms with van der Waals surface area (Å²) >= 11 is 1.45. The Kier molecular flexibility index (Phi) is 4.35. The van der Waals surface area contributed by atoms with Gasteiger partial charge in [-0.25, -0.2) is 4.98 Å². The molecule has 0 radical (unpaired) electrons. The monoisotopic (exact) mass is 267 g/mol. The van der Waals surface area contributed by atoms with Crippen LogP contribution in [0.1, 0.15) is 46.1 Å². The maximum atomic E-state index is 12.2. The molecule has 0 aromatic carbocycles. The molecular formula is C13H21N3OS. The van der Waals surface area contributed by atoms with Crippen LogP contribution in [0, 0.1) is 19.8 Å². The minimum Gasteiger partial charge on any atom is -0.347 e. The van der Waals surface area contributed by atoms with Gasteiger partial charge in [-0.2, -0.15) is 0 Å². The van der Waals surface area contributed by atoms with Crippen molar-refractivity contribution in [1.82, 2.24) is 10.3 Å². The number of carbonyl (C=O) groups excluding carboxylic acids is 1. The highest BCUT2D eigenvalue weighted by Crippen LogP contribution is 2.28. The molecule has 1 amide bonds. The molecule has 3 N–H and O–H groups in total. The van der Waals surface area contributed by atoms with E-state index in [0.29, 0.717) is 12.5 Å². The Morgan fingerprint density at radius 2 is 2.17 bits per heavy atom. The lowest BCUT2D eigenvalue weighted by molar-refractivity contribution is 0.0927. The Morgan fingerprint density at radius 1 is 1.50 bits per heavy atom. The predicted octanol–water partition coefficient (Wildman–Crippen LogP) is 2.01. The number of rotatable bonds is 4. The lowest BCUT2D eigenvalue weighted by Crippen LogP contribution is -2.44. The predicted molar refractivity (Wildman–Crippen MR) is 73.9 cm³/mol. The highest BCUT2D eigenvalue weighted by atomic mass is 32.1. The Morgan fingerprint density at radius 3 is 2.67 bits per heavy atom. The average Bonchev–Trinajstić information content (AvgIpc) is 2.95. The van der Waals surface area contributed by atoms with Gasteiger partial charge in [0.05, 0.1) is 10.7 Å². The molecule has 1 fully saturated rings. The van der Waals surface area contributed by atoms with Gasteiger partial charge in [0.25, 0.3) is 5.91 Å². The van der Waals surface area contributed by atoms with Crippen molar-refractivity contribution >= 4 is 17.2 Å². The van der Waals surface area contributed by atoms with E-state index in [0.717, 1.165) is 15.6 Å². The van der Waals surface area contributed by atoms with Crippen molar-refractivity contribution < 1.29 is 4.79 Å². The Bertz CT molecular complexity index is 424. The maximum Gasteiger partial charge on any atom is 0.263 e. The number of nitrogens with two attached hydrogens (primary N) is 1. The molecule has 1 heterocycles. The van der Waals surface area contributed by atoms with E-state index in [4.69, 9.17) is 5.73 Å². The molecule has 2 rings (SSSR count). The first-order valence-electron chi connectivity index (χ1n) is 6.56. The van der Waals surface area contributed by atoms with Gasteiger partial charge in [-0.1, -0.05) is 12.8 Å². The van der Waals surface area contributed by atoms with Crippen molar-refractivity contribution in [2.45, 2.75) is 45.6 Å². The molecule has 1 aliphatic rings. The molecule has 1 atom stereocenters. The fourth-order valence-corrected chi connectivity index (χ4v) is 3.53. The van der Waals surface area contributed by atoms with Gasteiger partial charge in [0.2, 0.25) is 0 Å². The Balaban J connectivity index is 2.03. The molecule has 1 aliphatic carbocycles.